The summed E-state index contributed by atoms with van der Waals surface area (Å²) in [5.74, 6) is 0.152. The molecule has 0 atom stereocenters. The van der Waals surface area contributed by atoms with Gasteiger partial charge in [-0.1, -0.05) is 12.1 Å². The number of aryl methyl sites for hydroxylation is 3. The molecule has 0 spiro atoms. The van der Waals surface area contributed by atoms with Crippen LogP contribution in [0.4, 0.5) is 0 Å². The monoisotopic (exact) mass is 341 g/mol. The van der Waals surface area contributed by atoms with Crippen LogP contribution >= 0.6 is 11.3 Å². The summed E-state index contributed by atoms with van der Waals surface area (Å²) in [6.45, 7) is 3.70. The van der Waals surface area contributed by atoms with Crippen LogP contribution < -0.4 is 5.32 Å². The standard InChI is InChI=1S/C19H23N3OS/c1-15-10-11-16(24-15)6-4-9-19(23)20-12-5-13-22-14-21-17-7-2-3-8-18(17)22/h2-3,7-8,10-11,14H,4-6,9,12-13H2,1H3,(H,20,23). The molecule has 3 rings (SSSR count). The Morgan fingerprint density at radius 2 is 2.08 bits per heavy atom. The van der Waals surface area contributed by atoms with Crippen LogP contribution in [0, 0.1) is 6.92 Å². The number of nitrogens with zero attached hydrogens (tertiary/aromatic N) is 2. The first-order valence-corrected chi connectivity index (χ1v) is 9.26. The molecular weight excluding hydrogens is 318 g/mol. The Balaban J connectivity index is 1.33. The van der Waals surface area contributed by atoms with Gasteiger partial charge in [0.2, 0.25) is 5.91 Å². The number of amides is 1. The van der Waals surface area contributed by atoms with Crippen molar-refractivity contribution in [1.29, 1.82) is 0 Å². The summed E-state index contributed by atoms with van der Waals surface area (Å²) >= 11 is 1.82. The van der Waals surface area contributed by atoms with E-state index in [9.17, 15) is 4.79 Å². The Labute approximate surface area is 146 Å². The number of benzene rings is 1. The fraction of sp³-hybridized carbons (Fsp3) is 0.368. The van der Waals surface area contributed by atoms with Crippen molar-refractivity contribution in [2.75, 3.05) is 6.54 Å². The molecule has 1 aromatic carbocycles. The van der Waals surface area contributed by atoms with Crippen LogP contribution in [0.2, 0.25) is 0 Å². The van der Waals surface area contributed by atoms with Crippen molar-refractivity contribution in [3.63, 3.8) is 0 Å². The van der Waals surface area contributed by atoms with Crippen molar-refractivity contribution >= 4 is 28.3 Å². The molecule has 126 valence electrons. The lowest BCUT2D eigenvalue weighted by Crippen LogP contribution is -2.25. The van der Waals surface area contributed by atoms with Crippen molar-refractivity contribution in [2.45, 2.75) is 39.2 Å². The minimum Gasteiger partial charge on any atom is -0.356 e. The van der Waals surface area contributed by atoms with E-state index >= 15 is 0 Å². The van der Waals surface area contributed by atoms with E-state index in [1.54, 1.807) is 0 Å². The number of rotatable bonds is 8. The second-order valence-corrected chi connectivity index (χ2v) is 7.37. The van der Waals surface area contributed by atoms with Crippen molar-refractivity contribution in [3.8, 4) is 0 Å². The molecule has 0 radical (unpaired) electrons. The highest BCUT2D eigenvalue weighted by atomic mass is 32.1. The zero-order valence-corrected chi connectivity index (χ0v) is 14.8. The van der Waals surface area contributed by atoms with Crippen molar-refractivity contribution in [1.82, 2.24) is 14.9 Å². The molecule has 3 aromatic rings. The lowest BCUT2D eigenvalue weighted by atomic mass is 10.2. The average Bonchev–Trinajstić information content (AvgIpc) is 3.18. The van der Waals surface area contributed by atoms with E-state index in [0.29, 0.717) is 13.0 Å². The summed E-state index contributed by atoms with van der Waals surface area (Å²) in [5, 5.41) is 3.02. The van der Waals surface area contributed by atoms with Crippen LogP contribution in [0.15, 0.2) is 42.7 Å². The molecule has 1 N–H and O–H groups in total. The van der Waals surface area contributed by atoms with Gasteiger partial charge >= 0.3 is 0 Å². The SMILES string of the molecule is Cc1ccc(CCCC(=O)NCCCn2cnc3ccccc32)s1. The maximum absolute atomic E-state index is 11.9. The average molecular weight is 341 g/mol. The van der Waals surface area contributed by atoms with Crippen molar-refractivity contribution < 1.29 is 4.79 Å². The maximum Gasteiger partial charge on any atom is 0.220 e. The number of carbonyl (C=O) groups excluding carboxylic acids is 1. The summed E-state index contributed by atoms with van der Waals surface area (Å²) in [7, 11) is 0. The molecule has 0 fully saturated rings. The topological polar surface area (TPSA) is 46.9 Å². The number of fused-ring (bicyclic) bond motifs is 1. The molecule has 1 amide bonds. The quantitative estimate of drug-likeness (QED) is 0.631. The third-order valence-corrected chi connectivity index (χ3v) is 5.11. The van der Waals surface area contributed by atoms with Crippen LogP contribution in [0.5, 0.6) is 0 Å². The first-order chi connectivity index (χ1) is 11.7. The van der Waals surface area contributed by atoms with Gasteiger partial charge in [0.25, 0.3) is 0 Å². The summed E-state index contributed by atoms with van der Waals surface area (Å²) < 4.78 is 2.14. The number of imidazole rings is 1. The molecule has 24 heavy (non-hydrogen) atoms. The van der Waals surface area contributed by atoms with Crippen LogP contribution in [0.25, 0.3) is 11.0 Å². The molecule has 0 unspecified atom stereocenters. The van der Waals surface area contributed by atoms with E-state index < -0.39 is 0 Å². The smallest absolute Gasteiger partial charge is 0.220 e. The van der Waals surface area contributed by atoms with Crippen LogP contribution in [-0.2, 0) is 17.8 Å². The highest BCUT2D eigenvalue weighted by Gasteiger charge is 2.04. The van der Waals surface area contributed by atoms with E-state index in [0.717, 1.165) is 36.8 Å². The number of hydrogen-bond acceptors (Lipinski definition) is 3. The van der Waals surface area contributed by atoms with E-state index in [1.807, 2.05) is 35.9 Å². The van der Waals surface area contributed by atoms with Gasteiger partial charge in [0.1, 0.15) is 0 Å². The molecule has 2 aromatic heterocycles. The number of nitrogens with one attached hydrogen (secondary N) is 1. The van der Waals surface area contributed by atoms with Gasteiger partial charge in [0.05, 0.1) is 17.4 Å². The Morgan fingerprint density at radius 3 is 2.92 bits per heavy atom. The van der Waals surface area contributed by atoms with Crippen LogP contribution in [-0.4, -0.2) is 22.0 Å². The molecule has 0 saturated heterocycles. The highest BCUT2D eigenvalue weighted by molar-refractivity contribution is 7.11. The van der Waals surface area contributed by atoms with Gasteiger partial charge in [0.15, 0.2) is 0 Å². The number of carbonyl (C=O) groups is 1. The molecule has 2 heterocycles. The fourth-order valence-electron chi connectivity index (χ4n) is 2.80. The van der Waals surface area contributed by atoms with E-state index in [1.165, 1.54) is 9.75 Å². The molecule has 0 aliphatic rings. The Kier molecular flexibility index (Phi) is 5.64. The number of para-hydroxylation sites is 2. The second-order valence-electron chi connectivity index (χ2n) is 6.00. The predicted octanol–water partition coefficient (Wildman–Crippen LogP) is 3.94. The lowest BCUT2D eigenvalue weighted by molar-refractivity contribution is -0.121. The second kappa shape index (κ2) is 8.11. The molecule has 5 heteroatoms. The van der Waals surface area contributed by atoms with Gasteiger partial charge < -0.3 is 9.88 Å². The zero-order valence-electron chi connectivity index (χ0n) is 14.0. The first kappa shape index (κ1) is 16.7. The largest absolute Gasteiger partial charge is 0.356 e. The molecule has 0 aliphatic heterocycles. The summed E-state index contributed by atoms with van der Waals surface area (Å²) in [4.78, 5) is 19.0. The number of hydrogen-bond donors (Lipinski definition) is 1. The number of aromatic nitrogens is 2. The molecule has 0 aliphatic carbocycles. The minimum atomic E-state index is 0.152. The third kappa shape index (κ3) is 4.45. The summed E-state index contributed by atoms with van der Waals surface area (Å²) in [6.07, 6.45) is 5.29. The first-order valence-electron chi connectivity index (χ1n) is 8.44. The van der Waals surface area contributed by atoms with E-state index in [2.05, 4.69) is 40.0 Å². The molecule has 4 nitrogen and oxygen atoms in total. The Morgan fingerprint density at radius 1 is 1.21 bits per heavy atom. The van der Waals surface area contributed by atoms with Crippen molar-refractivity contribution in [2.24, 2.45) is 0 Å². The third-order valence-electron chi connectivity index (χ3n) is 4.05. The van der Waals surface area contributed by atoms with Crippen LogP contribution in [0.1, 0.15) is 29.0 Å². The Bertz CT molecular complexity index is 806. The predicted molar refractivity (Wildman–Crippen MR) is 99.4 cm³/mol. The van der Waals surface area contributed by atoms with E-state index in [-0.39, 0.29) is 5.91 Å². The Hall–Kier alpha value is -2.14. The van der Waals surface area contributed by atoms with Gasteiger partial charge in [-0.3, -0.25) is 4.79 Å². The van der Waals surface area contributed by atoms with Crippen LogP contribution in [0.3, 0.4) is 0 Å². The van der Waals surface area contributed by atoms with Gasteiger partial charge in [0, 0.05) is 29.3 Å². The zero-order chi connectivity index (χ0) is 16.8. The molecule has 0 saturated carbocycles. The summed E-state index contributed by atoms with van der Waals surface area (Å²) in [6, 6.07) is 12.4. The van der Waals surface area contributed by atoms with Gasteiger partial charge in [-0.25, -0.2) is 4.98 Å². The van der Waals surface area contributed by atoms with Crippen molar-refractivity contribution in [3.05, 3.63) is 52.5 Å². The fourth-order valence-corrected chi connectivity index (χ4v) is 3.73. The normalized spacial score (nSPS) is 11.0. The minimum absolute atomic E-state index is 0.152. The van der Waals surface area contributed by atoms with Gasteiger partial charge in [-0.05, 0) is 50.5 Å². The molecule has 0 bridgehead atoms. The lowest BCUT2D eigenvalue weighted by Gasteiger charge is -2.06. The summed E-state index contributed by atoms with van der Waals surface area (Å²) in [5.41, 5.74) is 2.17. The molecular formula is C19H23N3OS. The van der Waals surface area contributed by atoms with Gasteiger partial charge in [-0.2, -0.15) is 0 Å². The van der Waals surface area contributed by atoms with E-state index in [4.69, 9.17) is 0 Å². The number of thiophene rings is 1. The van der Waals surface area contributed by atoms with Gasteiger partial charge in [-0.15, -0.1) is 11.3 Å². The maximum atomic E-state index is 11.9. The highest BCUT2D eigenvalue weighted by Crippen LogP contribution is 2.17.